The standard InChI is InChI=1S/C20H19NO3S/c1-11-6-7-16(19-15(22)9-12(2)18(11)19)23-10-14-13(3)24-20(21-14)17-5-4-8-25-17/h4-8,12H,9-10H2,1-3H3. The van der Waals surface area contributed by atoms with E-state index in [-0.39, 0.29) is 18.3 Å². The van der Waals surface area contributed by atoms with Crippen LogP contribution in [0.25, 0.3) is 10.8 Å². The van der Waals surface area contributed by atoms with Crippen LogP contribution in [0.4, 0.5) is 0 Å². The Bertz CT molecular complexity index is 940. The van der Waals surface area contributed by atoms with Crippen molar-refractivity contribution >= 4 is 17.1 Å². The fourth-order valence-corrected chi connectivity index (χ4v) is 4.09. The third-order valence-electron chi connectivity index (χ3n) is 4.68. The molecule has 0 aliphatic heterocycles. The number of fused-ring (bicyclic) bond motifs is 1. The molecule has 0 amide bonds. The quantitative estimate of drug-likeness (QED) is 0.639. The number of aryl methyl sites for hydroxylation is 2. The van der Waals surface area contributed by atoms with Gasteiger partial charge < -0.3 is 9.15 Å². The van der Waals surface area contributed by atoms with Crippen molar-refractivity contribution < 1.29 is 13.9 Å². The maximum absolute atomic E-state index is 12.4. The minimum absolute atomic E-state index is 0.164. The van der Waals surface area contributed by atoms with E-state index in [1.165, 1.54) is 0 Å². The van der Waals surface area contributed by atoms with Gasteiger partial charge in [-0.1, -0.05) is 19.1 Å². The summed E-state index contributed by atoms with van der Waals surface area (Å²) in [6, 6.07) is 7.86. The number of benzene rings is 1. The summed E-state index contributed by atoms with van der Waals surface area (Å²) in [5.41, 5.74) is 3.78. The summed E-state index contributed by atoms with van der Waals surface area (Å²) in [6.07, 6.45) is 0.558. The predicted molar refractivity (Wildman–Crippen MR) is 97.4 cm³/mol. The van der Waals surface area contributed by atoms with Gasteiger partial charge in [-0.2, -0.15) is 0 Å². The minimum Gasteiger partial charge on any atom is -0.486 e. The first-order valence-electron chi connectivity index (χ1n) is 8.34. The highest BCUT2D eigenvalue weighted by Crippen LogP contribution is 2.40. The smallest absolute Gasteiger partial charge is 0.236 e. The lowest BCUT2D eigenvalue weighted by Crippen LogP contribution is -2.03. The summed E-state index contributed by atoms with van der Waals surface area (Å²) in [4.78, 5) is 17.9. The molecule has 128 valence electrons. The van der Waals surface area contributed by atoms with Gasteiger partial charge in [0.15, 0.2) is 5.78 Å². The van der Waals surface area contributed by atoms with Crippen LogP contribution < -0.4 is 4.74 Å². The third-order valence-corrected chi connectivity index (χ3v) is 5.54. The fraction of sp³-hybridized carbons (Fsp3) is 0.300. The van der Waals surface area contributed by atoms with Crippen LogP contribution in [0.3, 0.4) is 0 Å². The average molecular weight is 353 g/mol. The molecule has 5 heteroatoms. The van der Waals surface area contributed by atoms with Gasteiger partial charge in [0.05, 0.1) is 10.4 Å². The molecule has 2 aromatic heterocycles. The highest BCUT2D eigenvalue weighted by atomic mass is 32.1. The molecule has 2 heterocycles. The summed E-state index contributed by atoms with van der Waals surface area (Å²) in [5.74, 6) is 2.43. The first-order valence-corrected chi connectivity index (χ1v) is 9.22. The van der Waals surface area contributed by atoms with E-state index in [1.54, 1.807) is 11.3 Å². The summed E-state index contributed by atoms with van der Waals surface area (Å²) in [6.45, 7) is 6.32. The molecular weight excluding hydrogens is 334 g/mol. The van der Waals surface area contributed by atoms with Crippen molar-refractivity contribution in [3.05, 3.63) is 57.8 Å². The molecule has 1 atom stereocenters. The minimum atomic E-state index is 0.164. The van der Waals surface area contributed by atoms with Gasteiger partial charge in [-0.3, -0.25) is 4.79 Å². The second-order valence-corrected chi connectivity index (χ2v) is 7.43. The van der Waals surface area contributed by atoms with Crippen molar-refractivity contribution in [1.82, 2.24) is 4.98 Å². The average Bonchev–Trinajstić information content (AvgIpc) is 3.28. The molecule has 0 spiro atoms. The zero-order valence-electron chi connectivity index (χ0n) is 14.5. The number of nitrogens with zero attached hydrogens (tertiary/aromatic N) is 1. The van der Waals surface area contributed by atoms with E-state index in [2.05, 4.69) is 11.9 Å². The van der Waals surface area contributed by atoms with E-state index in [0.29, 0.717) is 18.1 Å². The summed E-state index contributed by atoms with van der Waals surface area (Å²) >= 11 is 1.59. The highest BCUT2D eigenvalue weighted by molar-refractivity contribution is 7.13. The molecule has 0 radical (unpaired) electrons. The molecule has 25 heavy (non-hydrogen) atoms. The lowest BCUT2D eigenvalue weighted by Gasteiger charge is -2.12. The molecule has 4 rings (SSSR count). The van der Waals surface area contributed by atoms with Crippen molar-refractivity contribution in [3.8, 4) is 16.5 Å². The molecular formula is C20H19NO3S. The number of carbonyl (C=O) groups excluding carboxylic acids is 1. The van der Waals surface area contributed by atoms with Crippen LogP contribution in [-0.4, -0.2) is 10.8 Å². The molecule has 0 saturated carbocycles. The van der Waals surface area contributed by atoms with Crippen molar-refractivity contribution in [2.75, 3.05) is 0 Å². The lowest BCUT2D eigenvalue weighted by molar-refractivity contribution is 0.0986. The Balaban J connectivity index is 1.60. The van der Waals surface area contributed by atoms with Crippen molar-refractivity contribution in [1.29, 1.82) is 0 Å². The Kier molecular flexibility index (Phi) is 3.96. The number of hydrogen-bond acceptors (Lipinski definition) is 5. The van der Waals surface area contributed by atoms with E-state index in [1.807, 2.05) is 43.5 Å². The van der Waals surface area contributed by atoms with E-state index >= 15 is 0 Å². The normalized spacial score (nSPS) is 16.3. The summed E-state index contributed by atoms with van der Waals surface area (Å²) in [5, 5.41) is 1.99. The second-order valence-electron chi connectivity index (χ2n) is 6.49. The zero-order valence-corrected chi connectivity index (χ0v) is 15.3. The molecule has 4 nitrogen and oxygen atoms in total. The van der Waals surface area contributed by atoms with Gasteiger partial charge in [0.2, 0.25) is 5.89 Å². The van der Waals surface area contributed by atoms with Crippen LogP contribution in [0, 0.1) is 13.8 Å². The van der Waals surface area contributed by atoms with Crippen LogP contribution >= 0.6 is 11.3 Å². The number of aromatic nitrogens is 1. The van der Waals surface area contributed by atoms with Crippen molar-refractivity contribution in [3.63, 3.8) is 0 Å². The molecule has 0 N–H and O–H groups in total. The van der Waals surface area contributed by atoms with Crippen LogP contribution in [-0.2, 0) is 6.61 Å². The highest BCUT2D eigenvalue weighted by Gasteiger charge is 2.31. The van der Waals surface area contributed by atoms with Crippen LogP contribution in [0.2, 0.25) is 0 Å². The Morgan fingerprint density at radius 3 is 2.92 bits per heavy atom. The second kappa shape index (κ2) is 6.15. The van der Waals surface area contributed by atoms with Gasteiger partial charge in [-0.05, 0) is 48.4 Å². The fourth-order valence-electron chi connectivity index (χ4n) is 3.44. The Hall–Kier alpha value is -2.40. The maximum Gasteiger partial charge on any atom is 0.236 e. The molecule has 1 unspecified atom stereocenters. The number of rotatable bonds is 4. The number of Topliss-reactive ketones (excluding diaryl/α,β-unsaturated/α-hetero) is 1. The summed E-state index contributed by atoms with van der Waals surface area (Å²) in [7, 11) is 0. The van der Waals surface area contributed by atoms with E-state index in [0.717, 1.165) is 33.0 Å². The van der Waals surface area contributed by atoms with Gasteiger partial charge in [0, 0.05) is 6.42 Å². The van der Waals surface area contributed by atoms with Gasteiger partial charge in [0.1, 0.15) is 23.8 Å². The number of ether oxygens (including phenoxy) is 1. The number of ketones is 1. The number of hydrogen-bond donors (Lipinski definition) is 0. The molecule has 1 aliphatic carbocycles. The topological polar surface area (TPSA) is 52.3 Å². The first-order chi connectivity index (χ1) is 12.0. The van der Waals surface area contributed by atoms with Crippen molar-refractivity contribution in [2.24, 2.45) is 0 Å². The zero-order chi connectivity index (χ0) is 17.6. The maximum atomic E-state index is 12.4. The van der Waals surface area contributed by atoms with Crippen molar-refractivity contribution in [2.45, 2.75) is 39.7 Å². The number of thiophene rings is 1. The molecule has 1 aliphatic rings. The Morgan fingerprint density at radius 2 is 2.16 bits per heavy atom. The van der Waals surface area contributed by atoms with Crippen LogP contribution in [0.15, 0.2) is 34.1 Å². The molecule has 0 fully saturated rings. The van der Waals surface area contributed by atoms with Crippen LogP contribution in [0.5, 0.6) is 5.75 Å². The lowest BCUT2D eigenvalue weighted by atomic mass is 9.97. The largest absolute Gasteiger partial charge is 0.486 e. The van der Waals surface area contributed by atoms with Gasteiger partial charge in [-0.15, -0.1) is 11.3 Å². The Labute approximate surface area is 150 Å². The van der Waals surface area contributed by atoms with E-state index < -0.39 is 0 Å². The van der Waals surface area contributed by atoms with Gasteiger partial charge in [-0.25, -0.2) is 4.98 Å². The van der Waals surface area contributed by atoms with Gasteiger partial charge >= 0.3 is 0 Å². The monoisotopic (exact) mass is 353 g/mol. The SMILES string of the molecule is Cc1ccc(OCc2nc(-c3cccs3)oc2C)c2c1C(C)CC2=O. The van der Waals surface area contributed by atoms with E-state index in [9.17, 15) is 4.79 Å². The molecule has 3 aromatic rings. The Morgan fingerprint density at radius 1 is 1.32 bits per heavy atom. The number of oxazole rings is 1. The predicted octanol–water partition coefficient (Wildman–Crippen LogP) is 5.29. The molecule has 0 bridgehead atoms. The van der Waals surface area contributed by atoms with Gasteiger partial charge in [0.25, 0.3) is 0 Å². The number of carbonyl (C=O) groups is 1. The first kappa shape index (κ1) is 16.1. The molecule has 0 saturated heterocycles. The summed E-state index contributed by atoms with van der Waals surface area (Å²) < 4.78 is 11.7. The third kappa shape index (κ3) is 2.78. The van der Waals surface area contributed by atoms with Crippen LogP contribution in [0.1, 0.15) is 52.2 Å². The van der Waals surface area contributed by atoms with E-state index in [4.69, 9.17) is 9.15 Å². The molecule has 1 aromatic carbocycles.